The molecule has 1 saturated carbocycles. The van der Waals surface area contributed by atoms with Crippen LogP contribution < -0.4 is 5.32 Å². The first-order valence-corrected chi connectivity index (χ1v) is 6.88. The van der Waals surface area contributed by atoms with Crippen molar-refractivity contribution in [2.24, 2.45) is 5.92 Å². The molecule has 20 heavy (non-hydrogen) atoms. The number of carbonyl (C=O) groups excluding carboxylic acids is 1. The van der Waals surface area contributed by atoms with Crippen LogP contribution in [0.5, 0.6) is 0 Å². The fraction of sp³-hybridized carbons (Fsp3) is 0.438. The highest BCUT2D eigenvalue weighted by Gasteiger charge is 2.20. The van der Waals surface area contributed by atoms with Crippen molar-refractivity contribution in [1.29, 1.82) is 0 Å². The molecular weight excluding hydrogens is 257 g/mol. The maximum Gasteiger partial charge on any atom is 0.224 e. The molecule has 0 spiro atoms. The van der Waals surface area contributed by atoms with Crippen LogP contribution in [0.4, 0.5) is 10.1 Å². The van der Waals surface area contributed by atoms with Gasteiger partial charge in [-0.25, -0.2) is 4.39 Å². The number of benzene rings is 1. The van der Waals surface area contributed by atoms with Gasteiger partial charge in [0.1, 0.15) is 5.82 Å². The number of aliphatic hydroxyl groups excluding tert-OH is 1. The Labute approximate surface area is 118 Å². The molecular formula is C16H18FNO2. The highest BCUT2D eigenvalue weighted by atomic mass is 19.1. The largest absolute Gasteiger partial charge is 0.395 e. The van der Waals surface area contributed by atoms with E-state index in [1.54, 1.807) is 12.1 Å². The van der Waals surface area contributed by atoms with E-state index in [1.165, 1.54) is 12.5 Å². The van der Waals surface area contributed by atoms with Crippen molar-refractivity contribution in [2.45, 2.75) is 32.1 Å². The second-order valence-corrected chi connectivity index (χ2v) is 5.02. The molecule has 1 aromatic rings. The standard InChI is InChI=1S/C16H18FNO2/c17-15-11-14(8-7-13(15)6-1-2-9-19)18-16(20)10-12-4-3-5-12/h7-8,11-12,19H,2-5,9-10H2,(H,18,20). The van der Waals surface area contributed by atoms with Crippen LogP contribution >= 0.6 is 0 Å². The third-order valence-corrected chi connectivity index (χ3v) is 3.41. The van der Waals surface area contributed by atoms with Gasteiger partial charge in [-0.15, -0.1) is 0 Å². The molecule has 2 N–H and O–H groups in total. The van der Waals surface area contributed by atoms with Crippen molar-refractivity contribution in [3.63, 3.8) is 0 Å². The first kappa shape index (κ1) is 14.5. The number of halogens is 1. The number of amides is 1. The second kappa shape index (κ2) is 7.06. The van der Waals surface area contributed by atoms with E-state index in [2.05, 4.69) is 17.2 Å². The van der Waals surface area contributed by atoms with Gasteiger partial charge >= 0.3 is 0 Å². The number of carbonyl (C=O) groups is 1. The van der Waals surface area contributed by atoms with Crippen LogP contribution in [-0.2, 0) is 4.79 Å². The molecule has 0 saturated heterocycles. The molecule has 0 bridgehead atoms. The first-order chi connectivity index (χ1) is 9.69. The molecule has 3 nitrogen and oxygen atoms in total. The number of rotatable bonds is 4. The maximum absolute atomic E-state index is 13.8. The summed E-state index contributed by atoms with van der Waals surface area (Å²) in [5.41, 5.74) is 0.731. The van der Waals surface area contributed by atoms with Gasteiger partial charge in [0.05, 0.1) is 12.2 Å². The van der Waals surface area contributed by atoms with Crippen LogP contribution in [0.1, 0.15) is 37.7 Å². The molecule has 1 amide bonds. The molecule has 1 aliphatic carbocycles. The van der Waals surface area contributed by atoms with E-state index in [0.29, 0.717) is 24.4 Å². The quantitative estimate of drug-likeness (QED) is 0.830. The summed E-state index contributed by atoms with van der Waals surface area (Å²) in [5.74, 6) is 5.28. The normalized spacial score (nSPS) is 14.1. The lowest BCUT2D eigenvalue weighted by atomic mass is 9.83. The van der Waals surface area contributed by atoms with Crippen LogP contribution in [0.3, 0.4) is 0 Å². The zero-order chi connectivity index (χ0) is 14.4. The summed E-state index contributed by atoms with van der Waals surface area (Å²) >= 11 is 0. The fourth-order valence-corrected chi connectivity index (χ4v) is 2.08. The Bertz CT molecular complexity index is 541. The molecule has 0 heterocycles. The van der Waals surface area contributed by atoms with Gasteiger partial charge in [-0.3, -0.25) is 4.79 Å². The summed E-state index contributed by atoms with van der Waals surface area (Å²) in [5, 5.41) is 11.3. The van der Waals surface area contributed by atoms with Crippen LogP contribution in [0.25, 0.3) is 0 Å². The summed E-state index contributed by atoms with van der Waals surface area (Å²) in [4.78, 5) is 11.7. The third kappa shape index (κ3) is 4.07. The minimum Gasteiger partial charge on any atom is -0.395 e. The molecule has 0 aromatic heterocycles. The summed E-state index contributed by atoms with van der Waals surface area (Å²) in [7, 11) is 0. The molecule has 4 heteroatoms. The number of hydrogen-bond acceptors (Lipinski definition) is 2. The Morgan fingerprint density at radius 1 is 1.45 bits per heavy atom. The van der Waals surface area contributed by atoms with E-state index in [9.17, 15) is 9.18 Å². The van der Waals surface area contributed by atoms with Gasteiger partial charge in [-0.1, -0.05) is 18.3 Å². The maximum atomic E-state index is 13.8. The highest BCUT2D eigenvalue weighted by molar-refractivity contribution is 5.90. The Morgan fingerprint density at radius 2 is 2.25 bits per heavy atom. The van der Waals surface area contributed by atoms with E-state index < -0.39 is 5.82 Å². The molecule has 0 unspecified atom stereocenters. The van der Waals surface area contributed by atoms with Crippen molar-refractivity contribution in [1.82, 2.24) is 0 Å². The van der Waals surface area contributed by atoms with Crippen molar-refractivity contribution >= 4 is 11.6 Å². The van der Waals surface area contributed by atoms with Crippen molar-refractivity contribution in [3.05, 3.63) is 29.6 Å². The van der Waals surface area contributed by atoms with E-state index in [-0.39, 0.29) is 18.1 Å². The molecule has 1 fully saturated rings. The lowest BCUT2D eigenvalue weighted by molar-refractivity contribution is -0.117. The van der Waals surface area contributed by atoms with E-state index >= 15 is 0 Å². The average molecular weight is 275 g/mol. The first-order valence-electron chi connectivity index (χ1n) is 6.88. The van der Waals surface area contributed by atoms with E-state index in [1.807, 2.05) is 0 Å². The summed E-state index contributed by atoms with van der Waals surface area (Å²) < 4.78 is 13.8. The smallest absolute Gasteiger partial charge is 0.224 e. The fourth-order valence-electron chi connectivity index (χ4n) is 2.08. The Morgan fingerprint density at radius 3 is 2.85 bits per heavy atom. The molecule has 106 valence electrons. The lowest BCUT2D eigenvalue weighted by Gasteiger charge is -2.24. The van der Waals surface area contributed by atoms with Crippen LogP contribution in [0.2, 0.25) is 0 Å². The Balaban J connectivity index is 1.94. The number of aliphatic hydroxyl groups is 1. The Kier molecular flexibility index (Phi) is 5.14. The number of hydrogen-bond donors (Lipinski definition) is 2. The SMILES string of the molecule is O=C(CC1CCC1)Nc1ccc(C#CCCO)c(F)c1. The van der Waals surface area contributed by atoms with Crippen molar-refractivity contribution < 1.29 is 14.3 Å². The second-order valence-electron chi connectivity index (χ2n) is 5.02. The summed E-state index contributed by atoms with van der Waals surface area (Å²) in [6.07, 6.45) is 4.26. The highest BCUT2D eigenvalue weighted by Crippen LogP contribution is 2.29. The zero-order valence-corrected chi connectivity index (χ0v) is 11.3. The Hall–Kier alpha value is -1.86. The molecule has 0 aliphatic heterocycles. The molecule has 0 atom stereocenters. The van der Waals surface area contributed by atoms with E-state index in [4.69, 9.17) is 5.11 Å². The molecule has 0 radical (unpaired) electrons. The van der Waals surface area contributed by atoms with Gasteiger partial charge < -0.3 is 10.4 Å². The zero-order valence-electron chi connectivity index (χ0n) is 11.3. The van der Waals surface area contributed by atoms with E-state index in [0.717, 1.165) is 12.8 Å². The topological polar surface area (TPSA) is 49.3 Å². The van der Waals surface area contributed by atoms with Crippen molar-refractivity contribution in [3.8, 4) is 11.8 Å². The van der Waals surface area contributed by atoms with Gasteiger partial charge in [0.25, 0.3) is 0 Å². The predicted octanol–water partition coefficient (Wildman–Crippen LogP) is 2.69. The molecule has 1 aromatic carbocycles. The van der Waals surface area contributed by atoms with Crippen molar-refractivity contribution in [2.75, 3.05) is 11.9 Å². The molecule has 2 rings (SSSR count). The van der Waals surface area contributed by atoms with Gasteiger partial charge in [0, 0.05) is 18.5 Å². The van der Waals surface area contributed by atoms with Gasteiger partial charge in [-0.05, 0) is 37.0 Å². The number of anilines is 1. The predicted molar refractivity (Wildman–Crippen MR) is 75.6 cm³/mol. The minimum absolute atomic E-state index is 0.0378. The number of nitrogens with one attached hydrogen (secondary N) is 1. The van der Waals surface area contributed by atoms with Crippen LogP contribution in [-0.4, -0.2) is 17.6 Å². The monoisotopic (exact) mass is 275 g/mol. The van der Waals surface area contributed by atoms with Crippen LogP contribution in [0.15, 0.2) is 18.2 Å². The van der Waals surface area contributed by atoms with Gasteiger partial charge in [0.15, 0.2) is 0 Å². The molecule has 1 aliphatic rings. The summed E-state index contributed by atoms with van der Waals surface area (Å²) in [6, 6.07) is 4.46. The lowest BCUT2D eigenvalue weighted by Crippen LogP contribution is -2.20. The van der Waals surface area contributed by atoms with Crippen LogP contribution in [0, 0.1) is 23.6 Å². The van der Waals surface area contributed by atoms with Gasteiger partial charge in [-0.2, -0.15) is 0 Å². The summed E-state index contributed by atoms with van der Waals surface area (Å²) in [6.45, 7) is -0.0378. The van der Waals surface area contributed by atoms with Gasteiger partial charge in [0.2, 0.25) is 5.91 Å². The average Bonchev–Trinajstić information content (AvgIpc) is 2.37. The minimum atomic E-state index is -0.461. The third-order valence-electron chi connectivity index (χ3n) is 3.41.